The molecular weight excluding hydrogens is 290 g/mol. The van der Waals surface area contributed by atoms with Crippen molar-refractivity contribution in [2.75, 3.05) is 6.54 Å². The maximum Gasteiger partial charge on any atom is 0.287 e. The van der Waals surface area contributed by atoms with Gasteiger partial charge in [0.2, 0.25) is 5.82 Å². The largest absolute Gasteiger partial charge is 0.348 e. The highest BCUT2D eigenvalue weighted by Crippen LogP contribution is 2.24. The number of amides is 1. The Morgan fingerprint density at radius 2 is 2.25 bits per heavy atom. The van der Waals surface area contributed by atoms with Gasteiger partial charge in [0.1, 0.15) is 9.21 Å². The van der Waals surface area contributed by atoms with Crippen LogP contribution in [0.25, 0.3) is 0 Å². The minimum atomic E-state index is -0.118. The summed E-state index contributed by atoms with van der Waals surface area (Å²) in [6.07, 6.45) is 0. The normalized spacial score (nSPS) is 15.7. The molecule has 4 nitrogen and oxygen atoms in total. The van der Waals surface area contributed by atoms with Crippen LogP contribution in [-0.2, 0) is 6.54 Å². The van der Waals surface area contributed by atoms with Crippen LogP contribution in [0.1, 0.15) is 10.6 Å². The first kappa shape index (κ1) is 8.25. The van der Waals surface area contributed by atoms with E-state index >= 15 is 0 Å². The summed E-state index contributed by atoms with van der Waals surface area (Å²) in [4.78, 5) is 15.3. The zero-order valence-corrected chi connectivity index (χ0v) is 9.14. The summed E-state index contributed by atoms with van der Waals surface area (Å²) in [5.74, 6) is 0.340. The highest BCUT2D eigenvalue weighted by molar-refractivity contribution is 9.13. The molecule has 0 atom stereocenters. The van der Waals surface area contributed by atoms with E-state index in [1.54, 1.807) is 0 Å². The molecule has 0 fully saturated rings. The first-order chi connectivity index (χ1) is 5.70. The lowest BCUT2D eigenvalue weighted by atomic mass is 10.4. The van der Waals surface area contributed by atoms with Crippen LogP contribution >= 0.6 is 31.9 Å². The molecule has 64 valence electrons. The Hall–Kier alpha value is -0.360. The minimum absolute atomic E-state index is 0.118. The van der Waals surface area contributed by atoms with Crippen molar-refractivity contribution in [3.05, 3.63) is 15.0 Å². The van der Waals surface area contributed by atoms with Crippen LogP contribution in [0.5, 0.6) is 0 Å². The summed E-state index contributed by atoms with van der Waals surface area (Å²) < 4.78 is 3.34. The molecular formula is C6H5Br2N3O. The zero-order chi connectivity index (χ0) is 8.72. The second-order valence-electron chi connectivity index (χ2n) is 2.42. The van der Waals surface area contributed by atoms with E-state index < -0.39 is 0 Å². The molecule has 0 radical (unpaired) electrons. The van der Waals surface area contributed by atoms with Gasteiger partial charge in [-0.2, -0.15) is 0 Å². The Morgan fingerprint density at radius 1 is 1.50 bits per heavy atom. The van der Waals surface area contributed by atoms with Crippen molar-refractivity contribution >= 4 is 37.8 Å². The Morgan fingerprint density at radius 3 is 2.92 bits per heavy atom. The average Bonchev–Trinajstić information content (AvgIpc) is 2.32. The first-order valence-corrected chi connectivity index (χ1v) is 4.98. The van der Waals surface area contributed by atoms with Gasteiger partial charge < -0.3 is 9.88 Å². The third kappa shape index (κ3) is 1.09. The van der Waals surface area contributed by atoms with Gasteiger partial charge >= 0.3 is 0 Å². The monoisotopic (exact) mass is 293 g/mol. The van der Waals surface area contributed by atoms with E-state index in [1.807, 2.05) is 4.57 Å². The van der Waals surface area contributed by atoms with Crippen LogP contribution < -0.4 is 5.32 Å². The lowest BCUT2D eigenvalue weighted by Crippen LogP contribution is -2.35. The molecule has 1 aliphatic heterocycles. The lowest BCUT2D eigenvalue weighted by Gasteiger charge is -2.14. The summed E-state index contributed by atoms with van der Waals surface area (Å²) in [6.45, 7) is 1.42. The Bertz CT molecular complexity index is 347. The quantitative estimate of drug-likeness (QED) is 0.780. The van der Waals surface area contributed by atoms with Gasteiger partial charge in [-0.15, -0.1) is 0 Å². The summed E-state index contributed by atoms with van der Waals surface area (Å²) >= 11 is 6.58. The van der Waals surface area contributed by atoms with E-state index in [-0.39, 0.29) is 5.91 Å². The van der Waals surface area contributed by atoms with E-state index in [2.05, 4.69) is 42.2 Å². The summed E-state index contributed by atoms with van der Waals surface area (Å²) in [7, 11) is 0. The predicted octanol–water partition coefficient (Wildman–Crippen LogP) is 1.15. The van der Waals surface area contributed by atoms with Gasteiger partial charge in [0.25, 0.3) is 5.91 Å². The third-order valence-electron chi connectivity index (χ3n) is 1.69. The number of hydrogen-bond donors (Lipinski definition) is 1. The average molecular weight is 295 g/mol. The van der Waals surface area contributed by atoms with Crippen LogP contribution in [0.3, 0.4) is 0 Å². The number of nitrogens with zero attached hydrogens (tertiary/aromatic N) is 2. The van der Waals surface area contributed by atoms with Gasteiger partial charge in [0.15, 0.2) is 0 Å². The topological polar surface area (TPSA) is 46.9 Å². The van der Waals surface area contributed by atoms with E-state index in [1.165, 1.54) is 0 Å². The van der Waals surface area contributed by atoms with Crippen molar-refractivity contribution in [3.8, 4) is 0 Å². The molecule has 12 heavy (non-hydrogen) atoms. The molecule has 2 heterocycles. The number of fused-ring (bicyclic) bond motifs is 1. The predicted molar refractivity (Wildman–Crippen MR) is 50.0 cm³/mol. The fourth-order valence-electron chi connectivity index (χ4n) is 1.14. The second kappa shape index (κ2) is 2.85. The van der Waals surface area contributed by atoms with Gasteiger partial charge in [-0.3, -0.25) is 4.79 Å². The highest BCUT2D eigenvalue weighted by Gasteiger charge is 2.22. The smallest absolute Gasteiger partial charge is 0.287 e. The van der Waals surface area contributed by atoms with E-state index in [9.17, 15) is 4.79 Å². The molecule has 0 unspecified atom stereocenters. The number of rotatable bonds is 0. The number of carbonyl (C=O) groups is 1. The summed E-state index contributed by atoms with van der Waals surface area (Å²) in [5, 5.41) is 2.71. The van der Waals surface area contributed by atoms with Crippen molar-refractivity contribution in [3.63, 3.8) is 0 Å². The number of hydrogen-bond acceptors (Lipinski definition) is 2. The van der Waals surface area contributed by atoms with Gasteiger partial charge in [-0.25, -0.2) is 4.98 Å². The minimum Gasteiger partial charge on any atom is -0.348 e. The number of halogens is 2. The zero-order valence-electron chi connectivity index (χ0n) is 5.97. The molecule has 0 spiro atoms. The molecule has 1 amide bonds. The van der Waals surface area contributed by atoms with Gasteiger partial charge in [-0.1, -0.05) is 0 Å². The Balaban J connectivity index is 2.60. The molecule has 0 saturated carbocycles. The highest BCUT2D eigenvalue weighted by atomic mass is 79.9. The Kier molecular flexibility index (Phi) is 1.96. The van der Waals surface area contributed by atoms with Gasteiger partial charge in [-0.05, 0) is 31.9 Å². The van der Waals surface area contributed by atoms with Crippen molar-refractivity contribution in [2.24, 2.45) is 0 Å². The SMILES string of the molecule is O=C1NCCn2c1nc(Br)c2Br. The van der Waals surface area contributed by atoms with Crippen molar-refractivity contribution < 1.29 is 4.79 Å². The lowest BCUT2D eigenvalue weighted by molar-refractivity contribution is 0.0921. The summed E-state index contributed by atoms with van der Waals surface area (Å²) in [5.41, 5.74) is 0. The maximum atomic E-state index is 11.2. The van der Waals surface area contributed by atoms with Crippen molar-refractivity contribution in [1.29, 1.82) is 0 Å². The molecule has 0 aromatic carbocycles. The first-order valence-electron chi connectivity index (χ1n) is 3.40. The second-order valence-corrected chi connectivity index (χ2v) is 3.93. The van der Waals surface area contributed by atoms with E-state index in [0.29, 0.717) is 17.0 Å². The fourth-order valence-corrected chi connectivity index (χ4v) is 1.96. The molecule has 1 aliphatic rings. The van der Waals surface area contributed by atoms with Crippen LogP contribution in [0.15, 0.2) is 9.21 Å². The van der Waals surface area contributed by atoms with Crippen LogP contribution in [-0.4, -0.2) is 22.0 Å². The fraction of sp³-hybridized carbons (Fsp3) is 0.333. The van der Waals surface area contributed by atoms with Crippen molar-refractivity contribution in [1.82, 2.24) is 14.9 Å². The number of carbonyl (C=O) groups excluding carboxylic acids is 1. The molecule has 1 aromatic rings. The number of nitrogens with one attached hydrogen (secondary N) is 1. The molecule has 0 bridgehead atoms. The standard InChI is InChI=1S/C6H5Br2N3O/c7-3-4(8)11-2-1-9-6(12)5(11)10-3/h1-2H2,(H,9,12). The Labute approximate surface area is 85.6 Å². The number of imidazole rings is 1. The van der Waals surface area contributed by atoms with Crippen LogP contribution in [0.4, 0.5) is 0 Å². The van der Waals surface area contributed by atoms with Crippen LogP contribution in [0.2, 0.25) is 0 Å². The number of aromatic nitrogens is 2. The van der Waals surface area contributed by atoms with E-state index in [0.717, 1.165) is 11.1 Å². The molecule has 0 saturated heterocycles. The molecule has 2 rings (SSSR count). The molecule has 6 heteroatoms. The maximum absolute atomic E-state index is 11.2. The molecule has 1 aromatic heterocycles. The molecule has 0 aliphatic carbocycles. The third-order valence-corrected chi connectivity index (χ3v) is 3.58. The van der Waals surface area contributed by atoms with Crippen LogP contribution in [0, 0.1) is 0 Å². The summed E-state index contributed by atoms with van der Waals surface area (Å²) in [6, 6.07) is 0. The van der Waals surface area contributed by atoms with Gasteiger partial charge in [0, 0.05) is 13.1 Å². The molecule has 1 N–H and O–H groups in total. The van der Waals surface area contributed by atoms with Gasteiger partial charge in [0.05, 0.1) is 0 Å². The van der Waals surface area contributed by atoms with E-state index in [4.69, 9.17) is 0 Å². The van der Waals surface area contributed by atoms with Crippen molar-refractivity contribution in [2.45, 2.75) is 6.54 Å².